The molecule has 0 saturated heterocycles. The minimum atomic E-state index is -1.25. The van der Waals surface area contributed by atoms with Crippen LogP contribution in [0.5, 0.6) is 0 Å². The third kappa shape index (κ3) is 3.10. The standard InChI is InChI=1S/C10H20N2O4/c1-5-12(10(2,3)8(14)15)9(16)11(4)6-7-13/h13H,5-7H2,1-4H3,(H,14,15). The number of aliphatic hydroxyl groups is 1. The smallest absolute Gasteiger partial charge is 0.329 e. The molecular formula is C10H20N2O4. The zero-order valence-electron chi connectivity index (χ0n) is 10.2. The van der Waals surface area contributed by atoms with Crippen LogP contribution in [0.2, 0.25) is 0 Å². The number of aliphatic hydroxyl groups excluding tert-OH is 1. The number of nitrogens with zero attached hydrogens (tertiary/aromatic N) is 2. The van der Waals surface area contributed by atoms with E-state index >= 15 is 0 Å². The van der Waals surface area contributed by atoms with Gasteiger partial charge in [-0.1, -0.05) is 0 Å². The van der Waals surface area contributed by atoms with Gasteiger partial charge in [0.2, 0.25) is 0 Å². The molecule has 0 atom stereocenters. The maximum absolute atomic E-state index is 11.9. The lowest BCUT2D eigenvalue weighted by molar-refractivity contribution is -0.147. The first-order valence-electron chi connectivity index (χ1n) is 5.16. The van der Waals surface area contributed by atoms with Crippen LogP contribution >= 0.6 is 0 Å². The Morgan fingerprint density at radius 2 is 1.81 bits per heavy atom. The Kier molecular flexibility index (Phi) is 5.23. The summed E-state index contributed by atoms with van der Waals surface area (Å²) in [6, 6.07) is -0.399. The predicted octanol–water partition coefficient (Wildman–Crippen LogP) is 0.216. The molecule has 0 radical (unpaired) electrons. The van der Waals surface area contributed by atoms with Crippen LogP contribution in [0.3, 0.4) is 0 Å². The van der Waals surface area contributed by atoms with E-state index in [9.17, 15) is 9.59 Å². The van der Waals surface area contributed by atoms with Crippen molar-refractivity contribution in [2.24, 2.45) is 0 Å². The fourth-order valence-electron chi connectivity index (χ4n) is 1.34. The molecule has 16 heavy (non-hydrogen) atoms. The molecule has 0 heterocycles. The van der Waals surface area contributed by atoms with Crippen molar-refractivity contribution in [2.45, 2.75) is 26.3 Å². The van der Waals surface area contributed by atoms with Gasteiger partial charge >= 0.3 is 12.0 Å². The highest BCUT2D eigenvalue weighted by Gasteiger charge is 2.37. The first-order chi connectivity index (χ1) is 7.28. The quantitative estimate of drug-likeness (QED) is 0.710. The van der Waals surface area contributed by atoms with Gasteiger partial charge < -0.3 is 20.0 Å². The second-order valence-corrected chi connectivity index (χ2v) is 4.04. The van der Waals surface area contributed by atoms with E-state index in [1.54, 1.807) is 6.92 Å². The highest BCUT2D eigenvalue weighted by atomic mass is 16.4. The van der Waals surface area contributed by atoms with Crippen LogP contribution < -0.4 is 0 Å². The summed E-state index contributed by atoms with van der Waals surface area (Å²) < 4.78 is 0. The molecule has 94 valence electrons. The number of carboxylic acid groups (broad SMARTS) is 1. The summed E-state index contributed by atoms with van der Waals surface area (Å²) in [5.41, 5.74) is -1.25. The highest BCUT2D eigenvalue weighted by Crippen LogP contribution is 2.16. The minimum Gasteiger partial charge on any atom is -0.480 e. The number of hydrogen-bond acceptors (Lipinski definition) is 3. The summed E-state index contributed by atoms with van der Waals surface area (Å²) in [6.45, 7) is 5.01. The van der Waals surface area contributed by atoms with Crippen molar-refractivity contribution in [3.8, 4) is 0 Å². The summed E-state index contributed by atoms with van der Waals surface area (Å²) in [5, 5.41) is 17.8. The maximum atomic E-state index is 11.9. The molecule has 2 N–H and O–H groups in total. The molecule has 0 rings (SSSR count). The zero-order valence-corrected chi connectivity index (χ0v) is 10.2. The van der Waals surface area contributed by atoms with Crippen molar-refractivity contribution in [2.75, 3.05) is 26.7 Å². The van der Waals surface area contributed by atoms with Gasteiger partial charge in [-0.15, -0.1) is 0 Å². The molecule has 0 bridgehead atoms. The number of aliphatic carboxylic acids is 1. The molecular weight excluding hydrogens is 212 g/mol. The number of rotatable bonds is 5. The Morgan fingerprint density at radius 3 is 2.12 bits per heavy atom. The summed E-state index contributed by atoms with van der Waals surface area (Å²) in [4.78, 5) is 25.5. The Hall–Kier alpha value is -1.30. The first kappa shape index (κ1) is 14.7. The summed E-state index contributed by atoms with van der Waals surface area (Å²) in [6.07, 6.45) is 0. The van der Waals surface area contributed by atoms with Crippen LogP contribution in [0, 0.1) is 0 Å². The van der Waals surface area contributed by atoms with Crippen LogP contribution in [0.15, 0.2) is 0 Å². The second kappa shape index (κ2) is 5.69. The Balaban J connectivity index is 4.86. The SMILES string of the molecule is CCN(C(=O)N(C)CCO)C(C)(C)C(=O)O. The van der Waals surface area contributed by atoms with Gasteiger partial charge in [-0.05, 0) is 20.8 Å². The number of carboxylic acids is 1. The van der Waals surface area contributed by atoms with Gasteiger partial charge in [0, 0.05) is 20.1 Å². The average molecular weight is 232 g/mol. The van der Waals surface area contributed by atoms with Gasteiger partial charge in [0.25, 0.3) is 0 Å². The molecule has 0 aromatic rings. The van der Waals surface area contributed by atoms with Gasteiger partial charge in [-0.2, -0.15) is 0 Å². The third-order valence-corrected chi connectivity index (χ3v) is 2.51. The summed E-state index contributed by atoms with van der Waals surface area (Å²) in [5.74, 6) is -1.06. The third-order valence-electron chi connectivity index (χ3n) is 2.51. The molecule has 0 fully saturated rings. The monoisotopic (exact) mass is 232 g/mol. The number of carbonyl (C=O) groups is 2. The van der Waals surface area contributed by atoms with Crippen molar-refractivity contribution < 1.29 is 19.8 Å². The minimum absolute atomic E-state index is 0.146. The largest absolute Gasteiger partial charge is 0.480 e. The number of hydrogen-bond donors (Lipinski definition) is 2. The fourth-order valence-corrected chi connectivity index (χ4v) is 1.34. The molecule has 0 aromatic heterocycles. The van der Waals surface area contributed by atoms with Crippen molar-refractivity contribution in [1.82, 2.24) is 9.80 Å². The number of likely N-dealkylation sites (N-methyl/N-ethyl adjacent to an activating group) is 2. The molecule has 0 aliphatic heterocycles. The van der Waals surface area contributed by atoms with E-state index in [0.29, 0.717) is 6.54 Å². The molecule has 0 unspecified atom stereocenters. The number of carbonyl (C=O) groups excluding carboxylic acids is 1. The van der Waals surface area contributed by atoms with E-state index in [2.05, 4.69) is 0 Å². The van der Waals surface area contributed by atoms with Crippen LogP contribution in [-0.4, -0.2) is 64.3 Å². The molecule has 0 aliphatic rings. The maximum Gasteiger partial charge on any atom is 0.329 e. The molecule has 0 spiro atoms. The molecule has 2 amide bonds. The number of amides is 2. The molecule has 6 nitrogen and oxygen atoms in total. The van der Waals surface area contributed by atoms with Gasteiger partial charge in [0.1, 0.15) is 5.54 Å². The fraction of sp³-hybridized carbons (Fsp3) is 0.800. The van der Waals surface area contributed by atoms with E-state index in [4.69, 9.17) is 10.2 Å². The highest BCUT2D eigenvalue weighted by molar-refractivity contribution is 5.85. The topological polar surface area (TPSA) is 81.1 Å². The van der Waals surface area contributed by atoms with Crippen LogP contribution in [0.25, 0.3) is 0 Å². The molecule has 6 heteroatoms. The zero-order chi connectivity index (χ0) is 12.9. The van der Waals surface area contributed by atoms with Gasteiger partial charge in [-0.3, -0.25) is 0 Å². The lowest BCUT2D eigenvalue weighted by Gasteiger charge is -2.36. The van der Waals surface area contributed by atoms with Crippen molar-refractivity contribution >= 4 is 12.0 Å². The predicted molar refractivity (Wildman–Crippen MR) is 59.2 cm³/mol. The van der Waals surface area contributed by atoms with Crippen LogP contribution in [-0.2, 0) is 4.79 Å². The van der Waals surface area contributed by atoms with E-state index in [0.717, 1.165) is 0 Å². The number of urea groups is 1. The second-order valence-electron chi connectivity index (χ2n) is 4.04. The Morgan fingerprint density at radius 1 is 1.31 bits per heavy atom. The average Bonchev–Trinajstić information content (AvgIpc) is 2.18. The van der Waals surface area contributed by atoms with Gasteiger partial charge in [0.15, 0.2) is 0 Å². The van der Waals surface area contributed by atoms with Crippen molar-refractivity contribution in [3.05, 3.63) is 0 Å². The molecule has 0 aliphatic carbocycles. The summed E-state index contributed by atoms with van der Waals surface area (Å²) >= 11 is 0. The first-order valence-corrected chi connectivity index (χ1v) is 5.16. The Bertz CT molecular complexity index is 266. The van der Waals surface area contributed by atoms with Crippen molar-refractivity contribution in [1.29, 1.82) is 0 Å². The van der Waals surface area contributed by atoms with E-state index < -0.39 is 17.5 Å². The van der Waals surface area contributed by atoms with Crippen LogP contribution in [0.1, 0.15) is 20.8 Å². The lowest BCUT2D eigenvalue weighted by atomic mass is 10.0. The van der Waals surface area contributed by atoms with Gasteiger partial charge in [0.05, 0.1) is 6.61 Å². The molecule has 0 saturated carbocycles. The Labute approximate surface area is 95.5 Å². The normalized spacial score (nSPS) is 11.1. The summed E-state index contributed by atoms with van der Waals surface area (Å²) in [7, 11) is 1.53. The van der Waals surface area contributed by atoms with Crippen molar-refractivity contribution in [3.63, 3.8) is 0 Å². The lowest BCUT2D eigenvalue weighted by Crippen LogP contribution is -2.56. The molecule has 0 aromatic carbocycles. The van der Waals surface area contributed by atoms with Crippen LogP contribution in [0.4, 0.5) is 4.79 Å². The van der Waals surface area contributed by atoms with Gasteiger partial charge in [-0.25, -0.2) is 9.59 Å². The van der Waals surface area contributed by atoms with E-state index in [-0.39, 0.29) is 13.2 Å². The van der Waals surface area contributed by atoms with E-state index in [1.165, 1.54) is 30.7 Å². The van der Waals surface area contributed by atoms with E-state index in [1.807, 2.05) is 0 Å².